The average molecular weight is 449 g/mol. The zero-order valence-corrected chi connectivity index (χ0v) is 17.0. The molecule has 0 saturated heterocycles. The van der Waals surface area contributed by atoms with Crippen LogP contribution >= 0.6 is 11.6 Å². The number of rotatable bonds is 4. The Balaban J connectivity index is 1.80. The van der Waals surface area contributed by atoms with Crippen LogP contribution in [0.15, 0.2) is 71.6 Å². The highest BCUT2D eigenvalue weighted by atomic mass is 35.5. The minimum atomic E-state index is -4.16. The summed E-state index contributed by atoms with van der Waals surface area (Å²) in [7, 11) is -4.16. The number of benzene rings is 3. The first-order chi connectivity index (χ1) is 14.3. The number of fused-ring (bicyclic) bond motifs is 1. The van der Waals surface area contributed by atoms with Crippen LogP contribution in [0.3, 0.4) is 0 Å². The minimum Gasteiger partial charge on any atom is -0.287 e. The molecule has 2 amide bonds. The lowest BCUT2D eigenvalue weighted by atomic mass is 10.1. The number of hydrogen-bond acceptors (Lipinski definition) is 3. The quantitative estimate of drug-likeness (QED) is 0.567. The zero-order valence-electron chi connectivity index (χ0n) is 15.4. The number of nitrogens with zero attached hydrogens (tertiary/aromatic N) is 2. The van der Waals surface area contributed by atoms with Gasteiger partial charge in [-0.3, -0.25) is 4.90 Å². The Morgan fingerprint density at radius 2 is 1.57 bits per heavy atom. The van der Waals surface area contributed by atoms with Crippen LogP contribution in [-0.2, 0) is 23.1 Å². The first kappa shape index (κ1) is 20.3. The second-order valence-corrected chi connectivity index (χ2v) is 8.91. The summed E-state index contributed by atoms with van der Waals surface area (Å²) >= 11 is 6.12. The van der Waals surface area contributed by atoms with Gasteiger partial charge in [0, 0.05) is 10.6 Å². The number of anilines is 1. The van der Waals surface area contributed by atoms with E-state index in [0.29, 0.717) is 9.87 Å². The first-order valence-electron chi connectivity index (χ1n) is 8.89. The van der Waals surface area contributed by atoms with Gasteiger partial charge in [-0.15, -0.1) is 0 Å². The van der Waals surface area contributed by atoms with E-state index >= 15 is 0 Å². The summed E-state index contributed by atoms with van der Waals surface area (Å²) in [6, 6.07) is 14.5. The van der Waals surface area contributed by atoms with Crippen LogP contribution in [0.2, 0.25) is 5.02 Å². The predicted octanol–water partition coefficient (Wildman–Crippen LogP) is 4.95. The standard InChI is InChI=1S/C21H15ClF2N2O3S/c22-17-4-3-5-18(24)16(17)13-25-19-6-1-2-7-20(19)30(28,29)26(21(25)27)12-14-8-10-15(23)11-9-14/h1-11H,12-13H2. The third-order valence-electron chi connectivity index (χ3n) is 4.79. The number of halogens is 3. The molecule has 5 nitrogen and oxygen atoms in total. The maximum absolute atomic E-state index is 14.4. The lowest BCUT2D eigenvalue weighted by Crippen LogP contribution is -2.50. The van der Waals surface area contributed by atoms with Crippen molar-refractivity contribution < 1.29 is 22.0 Å². The molecule has 0 unspecified atom stereocenters. The minimum absolute atomic E-state index is 0.0725. The SMILES string of the molecule is O=C1N(Cc2c(F)cccc2Cl)c2ccccc2S(=O)(=O)N1Cc1ccc(F)cc1. The first-order valence-corrected chi connectivity index (χ1v) is 10.7. The molecule has 0 bridgehead atoms. The van der Waals surface area contributed by atoms with Crippen LogP contribution in [0.25, 0.3) is 0 Å². The molecule has 1 aliphatic heterocycles. The van der Waals surface area contributed by atoms with E-state index in [1.165, 1.54) is 65.6 Å². The highest BCUT2D eigenvalue weighted by molar-refractivity contribution is 7.90. The smallest absolute Gasteiger partial charge is 0.287 e. The van der Waals surface area contributed by atoms with E-state index in [-0.39, 0.29) is 34.3 Å². The van der Waals surface area contributed by atoms with E-state index < -0.39 is 27.7 Å². The summed E-state index contributed by atoms with van der Waals surface area (Å²) in [6.45, 7) is -0.548. The molecule has 0 atom stereocenters. The molecule has 4 rings (SSSR count). The number of para-hydroxylation sites is 1. The van der Waals surface area contributed by atoms with Crippen LogP contribution in [-0.4, -0.2) is 18.8 Å². The summed E-state index contributed by atoms with van der Waals surface area (Å²) in [5.74, 6) is -1.08. The van der Waals surface area contributed by atoms with Crippen molar-refractivity contribution in [3.05, 3.63) is 94.5 Å². The van der Waals surface area contributed by atoms with Crippen molar-refractivity contribution >= 4 is 33.3 Å². The summed E-state index contributed by atoms with van der Waals surface area (Å²) < 4.78 is 54.5. The van der Waals surface area contributed by atoms with Crippen molar-refractivity contribution in [2.75, 3.05) is 4.90 Å². The van der Waals surface area contributed by atoms with Crippen molar-refractivity contribution in [2.45, 2.75) is 18.0 Å². The Morgan fingerprint density at radius 3 is 2.27 bits per heavy atom. The van der Waals surface area contributed by atoms with Gasteiger partial charge in [-0.05, 0) is 42.0 Å². The Bertz CT molecular complexity index is 1210. The molecule has 0 spiro atoms. The van der Waals surface area contributed by atoms with E-state index in [9.17, 15) is 22.0 Å². The number of amides is 2. The molecule has 0 saturated carbocycles. The van der Waals surface area contributed by atoms with Crippen molar-refractivity contribution in [3.8, 4) is 0 Å². The zero-order chi connectivity index (χ0) is 21.5. The van der Waals surface area contributed by atoms with Gasteiger partial charge in [0.25, 0.3) is 10.0 Å². The number of sulfonamides is 1. The van der Waals surface area contributed by atoms with E-state index in [2.05, 4.69) is 0 Å². The largest absolute Gasteiger partial charge is 0.339 e. The maximum Gasteiger partial charge on any atom is 0.339 e. The fourth-order valence-electron chi connectivity index (χ4n) is 3.26. The summed E-state index contributed by atoms with van der Waals surface area (Å²) in [5.41, 5.74) is 0.636. The van der Waals surface area contributed by atoms with E-state index in [1.54, 1.807) is 6.07 Å². The molecule has 30 heavy (non-hydrogen) atoms. The highest BCUT2D eigenvalue weighted by Gasteiger charge is 2.41. The molecule has 3 aromatic carbocycles. The number of carbonyl (C=O) groups excluding carboxylic acids is 1. The second kappa shape index (κ2) is 7.70. The number of hydrogen-bond donors (Lipinski definition) is 0. The molecule has 1 heterocycles. The monoisotopic (exact) mass is 448 g/mol. The van der Waals surface area contributed by atoms with Gasteiger partial charge in [-0.1, -0.05) is 41.9 Å². The molecule has 0 N–H and O–H groups in total. The normalized spacial score (nSPS) is 15.2. The van der Waals surface area contributed by atoms with E-state index in [1.807, 2.05) is 0 Å². The molecule has 0 aliphatic carbocycles. The van der Waals surface area contributed by atoms with Crippen LogP contribution in [0.4, 0.5) is 19.3 Å². The van der Waals surface area contributed by atoms with Gasteiger partial charge in [0.15, 0.2) is 0 Å². The Kier molecular flexibility index (Phi) is 5.21. The van der Waals surface area contributed by atoms with Crippen molar-refractivity contribution in [3.63, 3.8) is 0 Å². The van der Waals surface area contributed by atoms with Crippen molar-refractivity contribution in [1.82, 2.24) is 4.31 Å². The van der Waals surface area contributed by atoms with Crippen molar-refractivity contribution in [1.29, 1.82) is 0 Å². The van der Waals surface area contributed by atoms with Gasteiger partial charge in [-0.2, -0.15) is 0 Å². The number of carbonyl (C=O) groups is 1. The summed E-state index contributed by atoms with van der Waals surface area (Å²) in [6.07, 6.45) is 0. The average Bonchev–Trinajstić information content (AvgIpc) is 2.72. The third kappa shape index (κ3) is 3.53. The Hall–Kier alpha value is -2.97. The van der Waals surface area contributed by atoms with Gasteiger partial charge in [0.2, 0.25) is 0 Å². The van der Waals surface area contributed by atoms with Crippen LogP contribution < -0.4 is 4.90 Å². The second-order valence-electron chi connectivity index (χ2n) is 6.67. The van der Waals surface area contributed by atoms with E-state index in [4.69, 9.17) is 11.6 Å². The molecular weight excluding hydrogens is 434 g/mol. The topological polar surface area (TPSA) is 57.7 Å². The summed E-state index contributed by atoms with van der Waals surface area (Å²) in [4.78, 5) is 14.3. The molecule has 0 aromatic heterocycles. The molecule has 3 aromatic rings. The molecule has 9 heteroatoms. The third-order valence-corrected chi connectivity index (χ3v) is 6.91. The molecule has 154 valence electrons. The van der Waals surface area contributed by atoms with Gasteiger partial charge >= 0.3 is 6.03 Å². The predicted molar refractivity (Wildman–Crippen MR) is 109 cm³/mol. The fourth-order valence-corrected chi connectivity index (χ4v) is 5.04. The molecule has 0 radical (unpaired) electrons. The maximum atomic E-state index is 14.4. The number of urea groups is 1. The van der Waals surface area contributed by atoms with Crippen LogP contribution in [0.5, 0.6) is 0 Å². The van der Waals surface area contributed by atoms with E-state index in [0.717, 1.165) is 0 Å². The highest BCUT2D eigenvalue weighted by Crippen LogP contribution is 2.37. The van der Waals surface area contributed by atoms with Gasteiger partial charge < -0.3 is 0 Å². The molecule has 1 aliphatic rings. The van der Waals surface area contributed by atoms with Crippen LogP contribution in [0.1, 0.15) is 11.1 Å². The van der Waals surface area contributed by atoms with Crippen molar-refractivity contribution in [2.24, 2.45) is 0 Å². The Morgan fingerprint density at radius 1 is 0.867 bits per heavy atom. The lowest BCUT2D eigenvalue weighted by molar-refractivity contribution is 0.226. The van der Waals surface area contributed by atoms with Gasteiger partial charge in [0.05, 0.1) is 18.8 Å². The van der Waals surface area contributed by atoms with Gasteiger partial charge in [-0.25, -0.2) is 26.3 Å². The van der Waals surface area contributed by atoms with Gasteiger partial charge in [0.1, 0.15) is 16.5 Å². The van der Waals surface area contributed by atoms with Crippen LogP contribution in [0, 0.1) is 11.6 Å². The fraction of sp³-hybridized carbons (Fsp3) is 0.0952. The summed E-state index contributed by atoms with van der Waals surface area (Å²) in [5, 5.41) is 0.124. The molecular formula is C21H15ClF2N2O3S. The lowest BCUT2D eigenvalue weighted by Gasteiger charge is -2.36. The Labute approximate surface area is 177 Å². The molecule has 0 fully saturated rings.